The van der Waals surface area contributed by atoms with Gasteiger partial charge in [0.05, 0.1) is 17.4 Å². The van der Waals surface area contributed by atoms with Crippen LogP contribution in [0.4, 0.5) is 5.69 Å². The number of halogens is 1. The lowest BCUT2D eigenvalue weighted by molar-refractivity contribution is -0.134. The zero-order valence-corrected chi connectivity index (χ0v) is 19.0. The highest BCUT2D eigenvalue weighted by Gasteiger charge is 2.31. The van der Waals surface area contributed by atoms with Crippen LogP contribution in [0.1, 0.15) is 12.8 Å². The molecule has 0 radical (unpaired) electrons. The number of para-hydroxylation sites is 1. The Balaban J connectivity index is 1.60. The summed E-state index contributed by atoms with van der Waals surface area (Å²) < 4.78 is 27.2. The monoisotopic (exact) mass is 493 g/mol. The summed E-state index contributed by atoms with van der Waals surface area (Å²) in [5.41, 5.74) is 0.714. The molecule has 1 fully saturated rings. The summed E-state index contributed by atoms with van der Waals surface area (Å²) in [5, 5.41) is 2.88. The fourth-order valence-electron chi connectivity index (χ4n) is 3.35. The number of carbonyl (C=O) groups is 2. The molecule has 2 amide bonds. The van der Waals surface area contributed by atoms with Crippen molar-refractivity contribution in [2.45, 2.75) is 17.7 Å². The van der Waals surface area contributed by atoms with Crippen LogP contribution in [0.3, 0.4) is 0 Å². The first-order chi connectivity index (χ1) is 14.3. The molecule has 1 unspecified atom stereocenters. The van der Waals surface area contributed by atoms with Gasteiger partial charge < -0.3 is 10.2 Å². The van der Waals surface area contributed by atoms with E-state index in [2.05, 4.69) is 21.2 Å². The second-order valence-corrected chi connectivity index (χ2v) is 10.2. The van der Waals surface area contributed by atoms with E-state index in [9.17, 15) is 18.0 Å². The molecule has 1 N–H and O–H groups in total. The SMILES string of the molecule is CN(CC(=O)N1CCCC(C(=O)Nc2ccccc2)C1)S(=O)(=O)c1ccc(Br)cc1. The lowest BCUT2D eigenvalue weighted by Crippen LogP contribution is -2.47. The number of nitrogens with zero attached hydrogens (tertiary/aromatic N) is 2. The van der Waals surface area contributed by atoms with E-state index in [1.807, 2.05) is 30.3 Å². The van der Waals surface area contributed by atoms with E-state index in [4.69, 9.17) is 0 Å². The predicted molar refractivity (Wildman–Crippen MR) is 118 cm³/mol. The molecule has 1 saturated heterocycles. The molecular weight excluding hydrogens is 470 g/mol. The number of sulfonamides is 1. The van der Waals surface area contributed by atoms with Crippen LogP contribution in [0.25, 0.3) is 0 Å². The molecule has 30 heavy (non-hydrogen) atoms. The predicted octanol–water partition coefficient (Wildman–Crippen LogP) is 2.95. The average molecular weight is 494 g/mol. The molecule has 2 aromatic carbocycles. The Kier molecular flexibility index (Phi) is 7.27. The number of amides is 2. The smallest absolute Gasteiger partial charge is 0.243 e. The fraction of sp³-hybridized carbons (Fsp3) is 0.333. The third-order valence-corrected chi connectivity index (χ3v) is 7.41. The lowest BCUT2D eigenvalue weighted by Gasteiger charge is -2.33. The van der Waals surface area contributed by atoms with Crippen molar-refractivity contribution in [3.63, 3.8) is 0 Å². The molecule has 1 aliphatic heterocycles. The van der Waals surface area contributed by atoms with Crippen molar-refractivity contribution in [3.05, 3.63) is 59.1 Å². The van der Waals surface area contributed by atoms with Gasteiger partial charge in [-0.1, -0.05) is 34.1 Å². The van der Waals surface area contributed by atoms with Crippen molar-refractivity contribution in [2.24, 2.45) is 5.92 Å². The number of piperidine rings is 1. The van der Waals surface area contributed by atoms with Crippen LogP contribution < -0.4 is 5.32 Å². The van der Waals surface area contributed by atoms with Gasteiger partial charge in [0.15, 0.2) is 0 Å². The second kappa shape index (κ2) is 9.72. The molecule has 0 bridgehead atoms. The third-order valence-electron chi connectivity index (χ3n) is 5.07. The Morgan fingerprint density at radius 1 is 1.13 bits per heavy atom. The maximum atomic E-state index is 12.7. The molecule has 3 rings (SSSR count). The van der Waals surface area contributed by atoms with E-state index in [-0.39, 0.29) is 35.7 Å². The number of hydrogen-bond acceptors (Lipinski definition) is 4. The third kappa shape index (κ3) is 5.47. The van der Waals surface area contributed by atoms with E-state index in [1.54, 1.807) is 17.0 Å². The first-order valence-electron chi connectivity index (χ1n) is 9.63. The number of likely N-dealkylation sites (tertiary alicyclic amines) is 1. The molecule has 0 spiro atoms. The Labute approximate surface area is 185 Å². The summed E-state index contributed by atoms with van der Waals surface area (Å²) in [6.45, 7) is 0.523. The molecule has 1 atom stereocenters. The maximum Gasteiger partial charge on any atom is 0.243 e. The minimum absolute atomic E-state index is 0.125. The quantitative estimate of drug-likeness (QED) is 0.669. The number of likely N-dealkylation sites (N-methyl/N-ethyl adjacent to an activating group) is 1. The lowest BCUT2D eigenvalue weighted by atomic mass is 9.97. The Bertz CT molecular complexity index is 997. The van der Waals surface area contributed by atoms with Gasteiger partial charge in [0.1, 0.15) is 0 Å². The standard InChI is InChI=1S/C21H24BrN3O4S/c1-24(30(28,29)19-11-9-17(22)10-12-19)15-20(26)25-13-5-6-16(14-25)21(27)23-18-7-3-2-4-8-18/h2-4,7-12,16H,5-6,13-15H2,1H3,(H,23,27). The summed E-state index contributed by atoms with van der Waals surface area (Å²) in [7, 11) is -2.39. The van der Waals surface area contributed by atoms with Gasteiger partial charge >= 0.3 is 0 Å². The van der Waals surface area contributed by atoms with Crippen LogP contribution in [0.5, 0.6) is 0 Å². The van der Waals surface area contributed by atoms with Crippen LogP contribution in [-0.2, 0) is 19.6 Å². The minimum Gasteiger partial charge on any atom is -0.341 e. The topological polar surface area (TPSA) is 86.8 Å². The van der Waals surface area contributed by atoms with E-state index in [1.165, 1.54) is 19.2 Å². The highest BCUT2D eigenvalue weighted by atomic mass is 79.9. The molecule has 160 valence electrons. The van der Waals surface area contributed by atoms with Crippen LogP contribution in [0.2, 0.25) is 0 Å². The highest BCUT2D eigenvalue weighted by Crippen LogP contribution is 2.21. The van der Waals surface area contributed by atoms with E-state index in [0.29, 0.717) is 25.1 Å². The largest absolute Gasteiger partial charge is 0.341 e. The first kappa shape index (κ1) is 22.5. The van der Waals surface area contributed by atoms with Gasteiger partial charge in [-0.2, -0.15) is 4.31 Å². The molecule has 7 nitrogen and oxygen atoms in total. The molecule has 0 saturated carbocycles. The minimum atomic E-state index is -3.77. The zero-order chi connectivity index (χ0) is 21.7. The maximum absolute atomic E-state index is 12.7. The molecule has 1 aliphatic rings. The molecule has 0 aromatic heterocycles. The van der Waals surface area contributed by atoms with Gasteiger partial charge in [0, 0.05) is 30.3 Å². The van der Waals surface area contributed by atoms with Gasteiger partial charge in [0.2, 0.25) is 21.8 Å². The number of benzene rings is 2. The second-order valence-electron chi connectivity index (χ2n) is 7.25. The van der Waals surface area contributed by atoms with Crippen molar-refractivity contribution >= 4 is 43.5 Å². The van der Waals surface area contributed by atoms with Crippen LogP contribution >= 0.6 is 15.9 Å². The highest BCUT2D eigenvalue weighted by molar-refractivity contribution is 9.10. The van der Waals surface area contributed by atoms with Crippen LogP contribution in [0, 0.1) is 5.92 Å². The number of nitrogens with one attached hydrogen (secondary N) is 1. The van der Waals surface area contributed by atoms with Crippen molar-refractivity contribution in [1.82, 2.24) is 9.21 Å². The molecule has 9 heteroatoms. The molecule has 1 heterocycles. The van der Waals surface area contributed by atoms with E-state index in [0.717, 1.165) is 8.78 Å². The van der Waals surface area contributed by atoms with Gasteiger partial charge in [0.25, 0.3) is 0 Å². The first-order valence-corrected chi connectivity index (χ1v) is 11.9. The summed E-state index contributed by atoms with van der Waals surface area (Å²) in [6, 6.07) is 15.4. The number of hydrogen-bond donors (Lipinski definition) is 1. The summed E-state index contributed by atoms with van der Waals surface area (Å²) in [6.07, 6.45) is 1.39. The number of anilines is 1. The summed E-state index contributed by atoms with van der Waals surface area (Å²) in [4.78, 5) is 27.0. The van der Waals surface area contributed by atoms with Crippen molar-refractivity contribution in [3.8, 4) is 0 Å². The van der Waals surface area contributed by atoms with Crippen LogP contribution in [0.15, 0.2) is 64.0 Å². The van der Waals surface area contributed by atoms with E-state index >= 15 is 0 Å². The van der Waals surface area contributed by atoms with Gasteiger partial charge in [-0.15, -0.1) is 0 Å². The van der Waals surface area contributed by atoms with Gasteiger partial charge in [-0.05, 0) is 49.2 Å². The Morgan fingerprint density at radius 3 is 2.47 bits per heavy atom. The van der Waals surface area contributed by atoms with Gasteiger partial charge in [-0.25, -0.2) is 8.42 Å². The van der Waals surface area contributed by atoms with Crippen molar-refractivity contribution in [2.75, 3.05) is 32.0 Å². The van der Waals surface area contributed by atoms with E-state index < -0.39 is 10.0 Å². The molecule has 0 aliphatic carbocycles. The Morgan fingerprint density at radius 2 is 1.80 bits per heavy atom. The van der Waals surface area contributed by atoms with Crippen molar-refractivity contribution < 1.29 is 18.0 Å². The summed E-state index contributed by atoms with van der Waals surface area (Å²) >= 11 is 3.28. The molecular formula is C21H24BrN3O4S. The zero-order valence-electron chi connectivity index (χ0n) is 16.6. The number of rotatable bonds is 6. The normalized spacial score (nSPS) is 17.0. The van der Waals surface area contributed by atoms with Gasteiger partial charge in [-0.3, -0.25) is 9.59 Å². The fourth-order valence-corrected chi connectivity index (χ4v) is 4.73. The summed E-state index contributed by atoms with van der Waals surface area (Å²) in [5.74, 6) is -0.763. The molecule has 2 aromatic rings. The average Bonchev–Trinajstić information content (AvgIpc) is 2.74. The van der Waals surface area contributed by atoms with Crippen LogP contribution in [-0.4, -0.2) is 56.1 Å². The Hall–Kier alpha value is -2.23. The van der Waals surface area contributed by atoms with Crippen molar-refractivity contribution in [1.29, 1.82) is 0 Å². The number of carbonyl (C=O) groups excluding carboxylic acids is 2.